The summed E-state index contributed by atoms with van der Waals surface area (Å²) >= 11 is 0. The summed E-state index contributed by atoms with van der Waals surface area (Å²) in [4.78, 5) is 24.1. The first-order chi connectivity index (χ1) is 14.8. The van der Waals surface area contributed by atoms with Crippen LogP contribution >= 0.6 is 0 Å². The highest BCUT2D eigenvalue weighted by Gasteiger charge is 2.24. The van der Waals surface area contributed by atoms with Crippen molar-refractivity contribution in [3.8, 4) is 11.3 Å². The number of hydrogen-bond donors (Lipinski definition) is 3. The Labute approximate surface area is 178 Å². The highest BCUT2D eigenvalue weighted by atomic mass is 19.1. The molecule has 4 N–H and O–H groups in total. The number of nitrogens with one attached hydrogen (secondary N) is 2. The van der Waals surface area contributed by atoms with Gasteiger partial charge in [-0.25, -0.2) is 13.2 Å². The van der Waals surface area contributed by atoms with Crippen LogP contribution in [-0.4, -0.2) is 23.3 Å². The Balaban J connectivity index is 0.000000226. The zero-order valence-corrected chi connectivity index (χ0v) is 17.5. The fraction of sp³-hybridized carbons (Fsp3) is 0.304. The third-order valence-electron chi connectivity index (χ3n) is 4.71. The van der Waals surface area contributed by atoms with Gasteiger partial charge in [0.1, 0.15) is 17.5 Å². The van der Waals surface area contributed by atoms with Gasteiger partial charge in [-0.1, -0.05) is 20.3 Å². The maximum Gasteiger partial charge on any atom is 0.236 e. The van der Waals surface area contributed by atoms with Gasteiger partial charge >= 0.3 is 0 Å². The summed E-state index contributed by atoms with van der Waals surface area (Å²) in [6.07, 6.45) is 3.02. The van der Waals surface area contributed by atoms with E-state index in [1.54, 1.807) is 18.2 Å². The molecule has 3 aromatic rings. The normalized spacial score (nSPS) is 12.7. The lowest BCUT2D eigenvalue weighted by molar-refractivity contribution is -0.129. The van der Waals surface area contributed by atoms with Crippen molar-refractivity contribution in [1.29, 1.82) is 0 Å². The average Bonchev–Trinajstić information content (AvgIpc) is 3.12. The van der Waals surface area contributed by atoms with Crippen molar-refractivity contribution < 1.29 is 22.8 Å². The van der Waals surface area contributed by atoms with Crippen molar-refractivity contribution in [3.63, 3.8) is 0 Å². The van der Waals surface area contributed by atoms with Crippen LogP contribution in [0.2, 0.25) is 0 Å². The smallest absolute Gasteiger partial charge is 0.236 e. The molecule has 0 spiro atoms. The standard InChI is InChI=1S/C14H8F3N.C7H12N2O2.C2H6/c15-10-3-1-8(2-4-10)13-6-9-5-11(16)7-12(17)14(9)18-13;8-6(10)4-9-7(11)5-2-1-3-5;1-2/h1-7,18H;5H,1-4H2,(H2,8,10)(H,9,11);1-2H3. The first-order valence-corrected chi connectivity index (χ1v) is 10.1. The van der Waals surface area contributed by atoms with E-state index in [9.17, 15) is 22.8 Å². The van der Waals surface area contributed by atoms with E-state index >= 15 is 0 Å². The van der Waals surface area contributed by atoms with Crippen LogP contribution in [0, 0.1) is 23.4 Å². The van der Waals surface area contributed by atoms with Gasteiger partial charge in [0.15, 0.2) is 0 Å². The molecule has 166 valence electrons. The summed E-state index contributed by atoms with van der Waals surface area (Å²) in [5.74, 6) is -1.99. The van der Waals surface area contributed by atoms with E-state index in [-0.39, 0.29) is 29.7 Å². The number of carbonyl (C=O) groups is 2. The van der Waals surface area contributed by atoms with Gasteiger partial charge in [-0.15, -0.1) is 0 Å². The Morgan fingerprint density at radius 1 is 1.03 bits per heavy atom. The first kappa shape index (κ1) is 24.0. The monoisotopic (exact) mass is 433 g/mol. The van der Waals surface area contributed by atoms with Crippen molar-refractivity contribution in [2.24, 2.45) is 11.7 Å². The molecule has 0 bridgehead atoms. The van der Waals surface area contributed by atoms with Gasteiger partial charge in [0.2, 0.25) is 11.8 Å². The fourth-order valence-electron chi connectivity index (χ4n) is 2.94. The quantitative estimate of drug-likeness (QED) is 0.559. The lowest BCUT2D eigenvalue weighted by Gasteiger charge is -2.23. The van der Waals surface area contributed by atoms with Gasteiger partial charge in [0, 0.05) is 23.1 Å². The van der Waals surface area contributed by atoms with Crippen molar-refractivity contribution >= 4 is 22.7 Å². The molecule has 2 aromatic carbocycles. The predicted octanol–water partition coefficient (Wildman–Crippen LogP) is 4.67. The molecule has 5 nitrogen and oxygen atoms in total. The topological polar surface area (TPSA) is 88.0 Å². The molecular weight excluding hydrogens is 407 g/mol. The minimum absolute atomic E-state index is 0.0324. The molecule has 1 aromatic heterocycles. The zero-order chi connectivity index (χ0) is 23.0. The molecule has 0 atom stereocenters. The fourth-order valence-corrected chi connectivity index (χ4v) is 2.94. The van der Waals surface area contributed by atoms with Gasteiger partial charge in [-0.2, -0.15) is 0 Å². The minimum Gasteiger partial charge on any atom is -0.368 e. The highest BCUT2D eigenvalue weighted by molar-refractivity contribution is 5.86. The van der Waals surface area contributed by atoms with E-state index in [1.165, 1.54) is 18.2 Å². The third kappa shape index (κ3) is 6.60. The molecule has 4 rings (SSSR count). The number of primary amides is 1. The molecule has 1 saturated carbocycles. The van der Waals surface area contributed by atoms with Crippen LogP contribution in [0.15, 0.2) is 42.5 Å². The number of aromatic nitrogens is 1. The Hall–Kier alpha value is -3.29. The van der Waals surface area contributed by atoms with E-state index in [4.69, 9.17) is 5.73 Å². The maximum absolute atomic E-state index is 13.5. The highest BCUT2D eigenvalue weighted by Crippen LogP contribution is 2.27. The molecule has 8 heteroatoms. The Kier molecular flexibility index (Phi) is 8.66. The van der Waals surface area contributed by atoms with Crippen molar-refractivity contribution in [3.05, 3.63) is 59.9 Å². The number of aromatic amines is 1. The number of halogens is 3. The van der Waals surface area contributed by atoms with Crippen molar-refractivity contribution in [2.45, 2.75) is 33.1 Å². The second-order valence-corrected chi connectivity index (χ2v) is 6.85. The lowest BCUT2D eigenvalue weighted by Crippen LogP contribution is -2.39. The molecule has 1 aliphatic rings. The van der Waals surface area contributed by atoms with Crippen LogP contribution < -0.4 is 11.1 Å². The molecule has 1 aliphatic carbocycles. The van der Waals surface area contributed by atoms with Crippen LogP contribution in [0.3, 0.4) is 0 Å². The van der Waals surface area contributed by atoms with E-state index in [1.807, 2.05) is 13.8 Å². The van der Waals surface area contributed by atoms with Crippen molar-refractivity contribution in [2.75, 3.05) is 6.54 Å². The summed E-state index contributed by atoms with van der Waals surface area (Å²) in [7, 11) is 0. The summed E-state index contributed by atoms with van der Waals surface area (Å²) in [6.45, 7) is 3.97. The second-order valence-electron chi connectivity index (χ2n) is 6.85. The molecule has 31 heavy (non-hydrogen) atoms. The molecule has 1 heterocycles. The average molecular weight is 433 g/mol. The largest absolute Gasteiger partial charge is 0.368 e. The summed E-state index contributed by atoms with van der Waals surface area (Å²) in [6, 6.07) is 9.50. The maximum atomic E-state index is 13.5. The molecule has 0 radical (unpaired) electrons. The number of rotatable bonds is 4. The Morgan fingerprint density at radius 2 is 1.68 bits per heavy atom. The second kappa shape index (κ2) is 11.2. The predicted molar refractivity (Wildman–Crippen MR) is 115 cm³/mol. The van der Waals surface area contributed by atoms with Crippen LogP contribution in [0.4, 0.5) is 13.2 Å². The summed E-state index contributed by atoms with van der Waals surface area (Å²) < 4.78 is 39.4. The Morgan fingerprint density at radius 3 is 2.23 bits per heavy atom. The van der Waals surface area contributed by atoms with Gasteiger partial charge in [-0.3, -0.25) is 9.59 Å². The van der Waals surface area contributed by atoms with E-state index in [2.05, 4.69) is 10.3 Å². The van der Waals surface area contributed by atoms with E-state index in [0.29, 0.717) is 16.6 Å². The first-order valence-electron chi connectivity index (χ1n) is 10.1. The van der Waals surface area contributed by atoms with Gasteiger partial charge in [0.25, 0.3) is 0 Å². The molecule has 0 aliphatic heterocycles. The van der Waals surface area contributed by atoms with Crippen molar-refractivity contribution in [1.82, 2.24) is 10.3 Å². The van der Waals surface area contributed by atoms with Crippen LogP contribution in [0.25, 0.3) is 22.2 Å². The van der Waals surface area contributed by atoms with Gasteiger partial charge < -0.3 is 16.0 Å². The number of hydrogen-bond acceptors (Lipinski definition) is 2. The molecule has 0 saturated heterocycles. The number of fused-ring (bicyclic) bond motifs is 1. The van der Waals surface area contributed by atoms with Gasteiger partial charge in [-0.05, 0) is 54.8 Å². The zero-order valence-electron chi connectivity index (χ0n) is 17.5. The number of amides is 2. The lowest BCUT2D eigenvalue weighted by atomic mass is 9.85. The minimum atomic E-state index is -0.640. The number of carbonyl (C=O) groups excluding carboxylic acids is 2. The SMILES string of the molecule is CC.Fc1ccc(-c2cc3cc(F)cc(F)c3[nH]2)cc1.NC(=O)CNC(=O)C1CCC1. The van der Waals surface area contributed by atoms with Crippen LogP contribution in [0.5, 0.6) is 0 Å². The Bertz CT molecular complexity index is 1030. The van der Waals surface area contributed by atoms with Gasteiger partial charge in [0.05, 0.1) is 12.1 Å². The van der Waals surface area contributed by atoms with E-state index in [0.717, 1.165) is 25.3 Å². The molecular formula is C23H26F3N3O2. The van der Waals surface area contributed by atoms with Crippen LogP contribution in [0.1, 0.15) is 33.1 Å². The number of nitrogens with two attached hydrogens (primary N) is 1. The molecule has 2 amide bonds. The number of H-pyrrole nitrogens is 1. The molecule has 0 unspecified atom stereocenters. The summed E-state index contributed by atoms with van der Waals surface area (Å²) in [5.41, 5.74) is 6.43. The summed E-state index contributed by atoms with van der Waals surface area (Å²) in [5, 5.41) is 2.92. The van der Waals surface area contributed by atoms with E-state index < -0.39 is 17.5 Å². The van der Waals surface area contributed by atoms with Crippen LogP contribution in [-0.2, 0) is 9.59 Å². The number of benzene rings is 2. The third-order valence-corrected chi connectivity index (χ3v) is 4.71. The molecule has 1 fully saturated rings.